The number of nitrogens with two attached hydrogens (primary N) is 1. The molecule has 0 amide bonds. The molecule has 3 heteroatoms. The van der Waals surface area contributed by atoms with E-state index in [0.29, 0.717) is 6.04 Å². The lowest BCUT2D eigenvalue weighted by molar-refractivity contribution is 0.236. The van der Waals surface area contributed by atoms with E-state index in [1.54, 1.807) is 11.3 Å². The van der Waals surface area contributed by atoms with E-state index in [1.807, 2.05) is 6.07 Å². The van der Waals surface area contributed by atoms with E-state index < -0.39 is 0 Å². The first-order chi connectivity index (χ1) is 8.74. The van der Waals surface area contributed by atoms with Gasteiger partial charge in [-0.25, -0.2) is 0 Å². The van der Waals surface area contributed by atoms with Crippen molar-refractivity contribution in [1.82, 2.24) is 4.90 Å². The molecular weight excluding hydrogens is 240 g/mol. The first-order valence-electron chi connectivity index (χ1n) is 6.33. The largest absolute Gasteiger partial charge is 0.399 e. The molecule has 2 N–H and O–H groups in total. The Hall–Kier alpha value is -1.32. The van der Waals surface area contributed by atoms with Crippen LogP contribution in [-0.4, -0.2) is 11.9 Å². The highest BCUT2D eigenvalue weighted by molar-refractivity contribution is 7.07. The van der Waals surface area contributed by atoms with Crippen molar-refractivity contribution >= 4 is 17.0 Å². The lowest BCUT2D eigenvalue weighted by Crippen LogP contribution is -2.22. The van der Waals surface area contributed by atoms with Crippen molar-refractivity contribution < 1.29 is 0 Å². The number of anilines is 1. The normalized spacial score (nSPS) is 18.2. The Morgan fingerprint density at radius 1 is 1.39 bits per heavy atom. The highest BCUT2D eigenvalue weighted by Crippen LogP contribution is 2.36. The van der Waals surface area contributed by atoms with Crippen LogP contribution in [0.1, 0.15) is 29.2 Å². The van der Waals surface area contributed by atoms with Crippen LogP contribution in [-0.2, 0) is 13.0 Å². The zero-order valence-electron chi connectivity index (χ0n) is 10.6. The van der Waals surface area contributed by atoms with Crippen molar-refractivity contribution in [1.29, 1.82) is 0 Å². The Morgan fingerprint density at radius 3 is 3.06 bits per heavy atom. The second-order valence-corrected chi connectivity index (χ2v) is 5.84. The van der Waals surface area contributed by atoms with Crippen molar-refractivity contribution in [2.75, 3.05) is 12.8 Å². The number of hydrogen-bond donors (Lipinski definition) is 1. The third-order valence-electron chi connectivity index (χ3n) is 3.76. The number of thiophene rings is 1. The minimum absolute atomic E-state index is 0.542. The van der Waals surface area contributed by atoms with Gasteiger partial charge in [-0.2, -0.15) is 11.3 Å². The number of nitrogen functional groups attached to an aromatic ring is 1. The predicted molar refractivity (Wildman–Crippen MR) is 77.7 cm³/mol. The van der Waals surface area contributed by atoms with Crippen LogP contribution in [0.15, 0.2) is 35.0 Å². The molecule has 1 aromatic heterocycles. The monoisotopic (exact) mass is 258 g/mol. The maximum absolute atomic E-state index is 5.85. The molecule has 1 atom stereocenters. The molecule has 1 aliphatic rings. The van der Waals surface area contributed by atoms with Crippen LogP contribution in [0.3, 0.4) is 0 Å². The van der Waals surface area contributed by atoms with E-state index in [-0.39, 0.29) is 0 Å². The maximum atomic E-state index is 5.85. The van der Waals surface area contributed by atoms with Crippen molar-refractivity contribution in [3.8, 4) is 0 Å². The molecule has 1 unspecified atom stereocenters. The van der Waals surface area contributed by atoms with Gasteiger partial charge in [-0.05, 0) is 65.5 Å². The quantitative estimate of drug-likeness (QED) is 0.854. The van der Waals surface area contributed by atoms with E-state index in [1.165, 1.54) is 23.1 Å². The summed E-state index contributed by atoms with van der Waals surface area (Å²) in [6.45, 7) is 1.03. The van der Waals surface area contributed by atoms with Gasteiger partial charge >= 0.3 is 0 Å². The first kappa shape index (κ1) is 11.8. The number of rotatable bonds is 3. The molecule has 1 aliphatic carbocycles. The molecule has 0 radical (unpaired) electrons. The zero-order valence-corrected chi connectivity index (χ0v) is 11.4. The second kappa shape index (κ2) is 4.75. The van der Waals surface area contributed by atoms with Gasteiger partial charge in [0.05, 0.1) is 0 Å². The van der Waals surface area contributed by atoms with Crippen molar-refractivity contribution in [2.45, 2.75) is 25.4 Å². The third-order valence-corrected chi connectivity index (χ3v) is 4.49. The minimum atomic E-state index is 0.542. The van der Waals surface area contributed by atoms with Gasteiger partial charge in [-0.1, -0.05) is 6.07 Å². The van der Waals surface area contributed by atoms with Crippen molar-refractivity contribution in [2.24, 2.45) is 0 Å². The SMILES string of the molecule is CN(Cc1ccsc1)C1CCc2cc(N)ccc21. The molecule has 18 heavy (non-hydrogen) atoms. The molecule has 0 fully saturated rings. The molecule has 1 heterocycles. The molecule has 1 aromatic carbocycles. The maximum Gasteiger partial charge on any atom is 0.0354 e. The van der Waals surface area contributed by atoms with Gasteiger partial charge in [-0.3, -0.25) is 4.90 Å². The molecule has 0 saturated carbocycles. The van der Waals surface area contributed by atoms with E-state index in [0.717, 1.165) is 18.7 Å². The summed E-state index contributed by atoms with van der Waals surface area (Å²) in [6, 6.07) is 9.11. The van der Waals surface area contributed by atoms with Gasteiger partial charge in [-0.15, -0.1) is 0 Å². The third kappa shape index (κ3) is 2.16. The molecule has 2 nitrogen and oxygen atoms in total. The smallest absolute Gasteiger partial charge is 0.0354 e. The number of fused-ring (bicyclic) bond motifs is 1. The number of aryl methyl sites for hydroxylation is 1. The standard InChI is InChI=1S/C15H18N2S/c1-17(9-11-6-7-18-10-11)15-5-2-12-8-13(16)3-4-14(12)15/h3-4,6-8,10,15H,2,5,9,16H2,1H3. The van der Waals surface area contributed by atoms with Gasteiger partial charge < -0.3 is 5.73 Å². The lowest BCUT2D eigenvalue weighted by Gasteiger charge is -2.24. The second-order valence-electron chi connectivity index (χ2n) is 5.06. The van der Waals surface area contributed by atoms with Crippen molar-refractivity contribution in [3.63, 3.8) is 0 Å². The Labute approximate surface area is 112 Å². The minimum Gasteiger partial charge on any atom is -0.399 e. The fraction of sp³-hybridized carbons (Fsp3) is 0.333. The van der Waals surface area contributed by atoms with Gasteiger partial charge in [0, 0.05) is 18.3 Å². The number of hydrogen-bond acceptors (Lipinski definition) is 3. The summed E-state index contributed by atoms with van der Waals surface area (Å²) < 4.78 is 0. The van der Waals surface area contributed by atoms with Gasteiger partial charge in [0.15, 0.2) is 0 Å². The molecule has 2 aromatic rings. The van der Waals surface area contributed by atoms with Crippen LogP contribution < -0.4 is 5.73 Å². The van der Waals surface area contributed by atoms with Gasteiger partial charge in [0.2, 0.25) is 0 Å². The van der Waals surface area contributed by atoms with Gasteiger partial charge in [0.25, 0.3) is 0 Å². The van der Waals surface area contributed by atoms with Crippen LogP contribution in [0.4, 0.5) is 5.69 Å². The summed E-state index contributed by atoms with van der Waals surface area (Å²) in [6.07, 6.45) is 2.36. The first-order valence-corrected chi connectivity index (χ1v) is 7.28. The van der Waals surface area contributed by atoms with Crippen LogP contribution in [0.25, 0.3) is 0 Å². The summed E-state index contributed by atoms with van der Waals surface area (Å²) in [5, 5.41) is 4.38. The Morgan fingerprint density at radius 2 is 2.28 bits per heavy atom. The highest BCUT2D eigenvalue weighted by atomic mass is 32.1. The molecular formula is C15H18N2S. The summed E-state index contributed by atoms with van der Waals surface area (Å²) in [4.78, 5) is 2.45. The molecule has 0 bridgehead atoms. The van der Waals surface area contributed by atoms with Crippen LogP contribution in [0.5, 0.6) is 0 Å². The van der Waals surface area contributed by atoms with Crippen LogP contribution in [0, 0.1) is 0 Å². The van der Waals surface area contributed by atoms with Crippen LogP contribution >= 0.6 is 11.3 Å². The fourth-order valence-electron chi connectivity index (χ4n) is 2.85. The summed E-state index contributed by atoms with van der Waals surface area (Å²) in [7, 11) is 2.22. The van der Waals surface area contributed by atoms with E-state index in [2.05, 4.69) is 40.9 Å². The summed E-state index contributed by atoms with van der Waals surface area (Å²) in [5.41, 5.74) is 11.0. The average molecular weight is 258 g/mol. The fourth-order valence-corrected chi connectivity index (χ4v) is 3.51. The van der Waals surface area contributed by atoms with E-state index >= 15 is 0 Å². The highest BCUT2D eigenvalue weighted by Gasteiger charge is 2.25. The Balaban J connectivity index is 1.79. The lowest BCUT2D eigenvalue weighted by atomic mass is 10.1. The van der Waals surface area contributed by atoms with E-state index in [9.17, 15) is 0 Å². The van der Waals surface area contributed by atoms with Crippen LogP contribution in [0.2, 0.25) is 0 Å². The molecule has 0 spiro atoms. The Bertz CT molecular complexity index is 533. The molecule has 94 valence electrons. The summed E-state index contributed by atoms with van der Waals surface area (Å²) in [5.74, 6) is 0. The molecule has 0 aliphatic heterocycles. The zero-order chi connectivity index (χ0) is 12.5. The van der Waals surface area contributed by atoms with E-state index in [4.69, 9.17) is 5.73 Å². The number of benzene rings is 1. The molecule has 0 saturated heterocycles. The molecule has 3 rings (SSSR count). The number of nitrogens with zero attached hydrogens (tertiary/aromatic N) is 1. The van der Waals surface area contributed by atoms with Gasteiger partial charge in [0.1, 0.15) is 0 Å². The topological polar surface area (TPSA) is 29.3 Å². The van der Waals surface area contributed by atoms with Crippen molar-refractivity contribution in [3.05, 3.63) is 51.7 Å². The summed E-state index contributed by atoms with van der Waals surface area (Å²) >= 11 is 1.77. The average Bonchev–Trinajstić information content (AvgIpc) is 2.97. The Kier molecular flexibility index (Phi) is 3.10. The predicted octanol–water partition coefficient (Wildman–Crippen LogP) is 3.45.